The minimum Gasteiger partial charge on any atom is -0.387 e. The number of rotatable bonds is 3. The fourth-order valence-corrected chi connectivity index (χ4v) is 3.16. The molecule has 0 spiro atoms. The maximum atomic E-state index is 13.3. The van der Waals surface area contributed by atoms with Gasteiger partial charge in [-0.2, -0.15) is 0 Å². The average molecular weight is 316 g/mol. The highest BCUT2D eigenvalue weighted by Crippen LogP contribution is 2.25. The van der Waals surface area contributed by atoms with Crippen LogP contribution in [0.15, 0.2) is 36.4 Å². The SMILES string of the molecule is CC(c1ccc2cc(F)ccc2c1)N1CCN(C(=O)CO)CC1. The molecule has 0 aliphatic carbocycles. The smallest absolute Gasteiger partial charge is 0.248 e. The van der Waals surface area contributed by atoms with Crippen molar-refractivity contribution in [2.75, 3.05) is 32.8 Å². The van der Waals surface area contributed by atoms with Gasteiger partial charge in [0.25, 0.3) is 0 Å². The van der Waals surface area contributed by atoms with Crippen molar-refractivity contribution >= 4 is 16.7 Å². The number of carbonyl (C=O) groups is 1. The number of benzene rings is 2. The summed E-state index contributed by atoms with van der Waals surface area (Å²) in [7, 11) is 0. The molecule has 0 saturated carbocycles. The summed E-state index contributed by atoms with van der Waals surface area (Å²) in [6, 6.07) is 11.2. The monoisotopic (exact) mass is 316 g/mol. The molecule has 0 bridgehead atoms. The molecule has 1 atom stereocenters. The number of fused-ring (bicyclic) bond motifs is 1. The first-order valence-corrected chi connectivity index (χ1v) is 7.90. The van der Waals surface area contributed by atoms with E-state index in [0.717, 1.165) is 23.9 Å². The van der Waals surface area contributed by atoms with E-state index in [-0.39, 0.29) is 17.8 Å². The number of aliphatic hydroxyl groups is 1. The lowest BCUT2D eigenvalue weighted by Gasteiger charge is -2.38. The third-order valence-electron chi connectivity index (χ3n) is 4.66. The van der Waals surface area contributed by atoms with Crippen molar-refractivity contribution in [1.82, 2.24) is 9.80 Å². The van der Waals surface area contributed by atoms with Crippen molar-refractivity contribution in [3.05, 3.63) is 47.8 Å². The predicted molar refractivity (Wildman–Crippen MR) is 87.6 cm³/mol. The minimum absolute atomic E-state index is 0.204. The number of nitrogens with zero attached hydrogens (tertiary/aromatic N) is 2. The van der Waals surface area contributed by atoms with Crippen LogP contribution in [0.1, 0.15) is 18.5 Å². The third kappa shape index (κ3) is 3.35. The Balaban J connectivity index is 1.72. The van der Waals surface area contributed by atoms with Crippen molar-refractivity contribution < 1.29 is 14.3 Å². The van der Waals surface area contributed by atoms with Gasteiger partial charge in [-0.05, 0) is 41.5 Å². The number of halogens is 1. The number of carbonyl (C=O) groups excluding carboxylic acids is 1. The fourth-order valence-electron chi connectivity index (χ4n) is 3.16. The Bertz CT molecular complexity index is 711. The first-order chi connectivity index (χ1) is 11.1. The molecule has 2 aromatic carbocycles. The average Bonchev–Trinajstić information content (AvgIpc) is 2.60. The third-order valence-corrected chi connectivity index (χ3v) is 4.66. The zero-order valence-electron chi connectivity index (χ0n) is 13.2. The normalized spacial score (nSPS) is 17.4. The highest BCUT2D eigenvalue weighted by molar-refractivity contribution is 5.83. The second-order valence-electron chi connectivity index (χ2n) is 6.00. The van der Waals surface area contributed by atoms with Gasteiger partial charge < -0.3 is 10.0 Å². The van der Waals surface area contributed by atoms with Crippen LogP contribution in [0.5, 0.6) is 0 Å². The van der Waals surface area contributed by atoms with Crippen molar-refractivity contribution in [3.63, 3.8) is 0 Å². The number of piperazine rings is 1. The molecule has 1 fully saturated rings. The highest BCUT2D eigenvalue weighted by Gasteiger charge is 2.24. The van der Waals surface area contributed by atoms with E-state index in [1.165, 1.54) is 11.6 Å². The summed E-state index contributed by atoms with van der Waals surface area (Å²) >= 11 is 0. The van der Waals surface area contributed by atoms with Gasteiger partial charge in [0, 0.05) is 32.2 Å². The lowest BCUT2D eigenvalue weighted by Crippen LogP contribution is -2.50. The van der Waals surface area contributed by atoms with E-state index in [4.69, 9.17) is 5.11 Å². The molecule has 0 radical (unpaired) electrons. The number of aliphatic hydroxyl groups excluding tert-OH is 1. The van der Waals surface area contributed by atoms with Crippen LogP contribution in [0.2, 0.25) is 0 Å². The predicted octanol–water partition coefficient (Wildman–Crippen LogP) is 2.18. The molecule has 2 aromatic rings. The zero-order chi connectivity index (χ0) is 16.4. The summed E-state index contributed by atoms with van der Waals surface area (Å²) in [6.45, 7) is 4.58. The Kier molecular flexibility index (Phi) is 4.59. The molecule has 1 unspecified atom stereocenters. The molecule has 3 rings (SSSR count). The van der Waals surface area contributed by atoms with Crippen molar-refractivity contribution in [3.8, 4) is 0 Å². The molecule has 122 valence electrons. The molecule has 1 aliphatic rings. The first kappa shape index (κ1) is 15.9. The molecule has 0 aromatic heterocycles. The largest absolute Gasteiger partial charge is 0.387 e. The van der Waals surface area contributed by atoms with Crippen molar-refractivity contribution in [2.45, 2.75) is 13.0 Å². The number of hydrogen-bond donors (Lipinski definition) is 1. The van der Waals surface area contributed by atoms with E-state index >= 15 is 0 Å². The topological polar surface area (TPSA) is 43.8 Å². The molecule has 23 heavy (non-hydrogen) atoms. The van der Waals surface area contributed by atoms with Gasteiger partial charge in [-0.25, -0.2) is 4.39 Å². The van der Waals surface area contributed by atoms with Gasteiger partial charge in [-0.15, -0.1) is 0 Å². The second-order valence-corrected chi connectivity index (χ2v) is 6.00. The van der Waals surface area contributed by atoms with Gasteiger partial charge in [0.05, 0.1) is 0 Å². The van der Waals surface area contributed by atoms with E-state index in [0.29, 0.717) is 13.1 Å². The maximum absolute atomic E-state index is 13.3. The standard InChI is InChI=1S/C18H21FN2O2/c1-13(20-6-8-21(9-7-20)18(23)12-22)14-2-3-16-11-17(19)5-4-15(16)10-14/h2-5,10-11,13,22H,6-9,12H2,1H3. The van der Waals surface area contributed by atoms with Crippen LogP contribution in [0.4, 0.5) is 4.39 Å². The van der Waals surface area contributed by atoms with Gasteiger partial charge >= 0.3 is 0 Å². The molecule has 1 N–H and O–H groups in total. The van der Waals surface area contributed by atoms with Crippen LogP contribution in [0.25, 0.3) is 10.8 Å². The van der Waals surface area contributed by atoms with Gasteiger partial charge in [-0.1, -0.05) is 18.2 Å². The first-order valence-electron chi connectivity index (χ1n) is 7.90. The summed E-state index contributed by atoms with van der Waals surface area (Å²) < 4.78 is 13.3. The molecule has 1 aliphatic heterocycles. The van der Waals surface area contributed by atoms with E-state index in [2.05, 4.69) is 17.9 Å². The summed E-state index contributed by atoms with van der Waals surface area (Å²) in [5, 5.41) is 10.9. The Morgan fingerprint density at radius 2 is 1.78 bits per heavy atom. The van der Waals surface area contributed by atoms with Crippen LogP contribution in [-0.4, -0.2) is 53.6 Å². The van der Waals surface area contributed by atoms with Gasteiger partial charge in [0.15, 0.2) is 0 Å². The summed E-state index contributed by atoms with van der Waals surface area (Å²) in [5.74, 6) is -0.423. The van der Waals surface area contributed by atoms with Crippen molar-refractivity contribution in [1.29, 1.82) is 0 Å². The van der Waals surface area contributed by atoms with Crippen LogP contribution in [0.3, 0.4) is 0 Å². The minimum atomic E-state index is -0.420. The fraction of sp³-hybridized carbons (Fsp3) is 0.389. The van der Waals surface area contributed by atoms with E-state index in [9.17, 15) is 9.18 Å². The van der Waals surface area contributed by atoms with Crippen molar-refractivity contribution in [2.24, 2.45) is 0 Å². The van der Waals surface area contributed by atoms with Gasteiger partial charge in [0.1, 0.15) is 12.4 Å². The molecular formula is C18H21FN2O2. The quantitative estimate of drug-likeness (QED) is 0.944. The molecule has 5 heteroatoms. The van der Waals surface area contributed by atoms with Gasteiger partial charge in [-0.3, -0.25) is 9.69 Å². The number of amides is 1. The maximum Gasteiger partial charge on any atom is 0.248 e. The Morgan fingerprint density at radius 3 is 2.48 bits per heavy atom. The molecular weight excluding hydrogens is 295 g/mol. The van der Waals surface area contributed by atoms with Gasteiger partial charge in [0.2, 0.25) is 5.91 Å². The lowest BCUT2D eigenvalue weighted by atomic mass is 10.0. The number of hydrogen-bond acceptors (Lipinski definition) is 3. The molecule has 1 heterocycles. The molecule has 4 nitrogen and oxygen atoms in total. The van der Waals surface area contributed by atoms with Crippen LogP contribution in [0, 0.1) is 5.82 Å². The van der Waals surface area contributed by atoms with E-state index in [1.54, 1.807) is 17.0 Å². The van der Waals surface area contributed by atoms with E-state index in [1.807, 2.05) is 12.1 Å². The van der Waals surface area contributed by atoms with E-state index < -0.39 is 6.61 Å². The Hall–Kier alpha value is -1.98. The Labute approximate surface area is 135 Å². The van der Waals surface area contributed by atoms with Crippen LogP contribution < -0.4 is 0 Å². The van der Waals surface area contributed by atoms with Crippen LogP contribution in [-0.2, 0) is 4.79 Å². The lowest BCUT2D eigenvalue weighted by molar-refractivity contribution is -0.136. The summed E-state index contributed by atoms with van der Waals surface area (Å²) in [5.41, 5.74) is 1.19. The summed E-state index contributed by atoms with van der Waals surface area (Å²) in [4.78, 5) is 15.5. The van der Waals surface area contributed by atoms with Crippen LogP contribution >= 0.6 is 0 Å². The summed E-state index contributed by atoms with van der Waals surface area (Å²) in [6.07, 6.45) is 0. The molecule has 1 saturated heterocycles. The second kappa shape index (κ2) is 6.64. The zero-order valence-corrected chi connectivity index (χ0v) is 13.2. The Morgan fingerprint density at radius 1 is 1.13 bits per heavy atom. The molecule has 1 amide bonds. The highest BCUT2D eigenvalue weighted by atomic mass is 19.1.